The van der Waals surface area contributed by atoms with Crippen LogP contribution in [0.25, 0.3) is 10.8 Å². The van der Waals surface area contributed by atoms with Gasteiger partial charge >= 0.3 is 5.97 Å². The van der Waals surface area contributed by atoms with Crippen LogP contribution in [0.4, 0.5) is 11.5 Å². The molecule has 0 amide bonds. The van der Waals surface area contributed by atoms with Gasteiger partial charge in [-0.3, -0.25) is 0 Å². The summed E-state index contributed by atoms with van der Waals surface area (Å²) in [7, 11) is 1.39. The van der Waals surface area contributed by atoms with E-state index in [0.29, 0.717) is 5.82 Å². The molecule has 1 aromatic carbocycles. The zero-order valence-corrected chi connectivity index (χ0v) is 12.8. The lowest BCUT2D eigenvalue weighted by molar-refractivity contribution is -0.142. The molecule has 1 atom stereocenters. The topological polar surface area (TPSA) is 77.2 Å². The number of nitrogen functional groups attached to an aromatic ring is 1. The highest BCUT2D eigenvalue weighted by Gasteiger charge is 2.24. The van der Waals surface area contributed by atoms with Gasteiger partial charge in [0.15, 0.2) is 0 Å². The van der Waals surface area contributed by atoms with Crippen LogP contribution in [-0.2, 0) is 9.53 Å². The Morgan fingerprint density at radius 3 is 2.62 bits per heavy atom. The molecule has 2 aromatic rings. The number of hydrogen-bond donors (Lipinski definition) is 2. The fraction of sp³-hybridized carbons (Fsp3) is 0.375. The van der Waals surface area contributed by atoms with Crippen LogP contribution in [0, 0.1) is 12.8 Å². The normalized spacial score (nSPS) is 12.4. The van der Waals surface area contributed by atoms with Crippen LogP contribution in [-0.4, -0.2) is 24.1 Å². The van der Waals surface area contributed by atoms with E-state index in [2.05, 4.69) is 10.3 Å². The SMILES string of the molecule is COC(=O)C(Nc1nccc2c(N)c(C)ccc12)C(C)C. The average molecular weight is 287 g/mol. The number of carbonyl (C=O) groups is 1. The van der Waals surface area contributed by atoms with Gasteiger partial charge in [0, 0.05) is 22.7 Å². The van der Waals surface area contributed by atoms with Gasteiger partial charge in [0.05, 0.1) is 7.11 Å². The highest BCUT2D eigenvalue weighted by atomic mass is 16.5. The smallest absolute Gasteiger partial charge is 0.328 e. The minimum Gasteiger partial charge on any atom is -0.467 e. The van der Waals surface area contributed by atoms with Crippen molar-refractivity contribution in [3.8, 4) is 0 Å². The van der Waals surface area contributed by atoms with Crippen molar-refractivity contribution in [3.05, 3.63) is 30.0 Å². The third-order valence-corrected chi connectivity index (χ3v) is 3.62. The Hall–Kier alpha value is -2.30. The van der Waals surface area contributed by atoms with E-state index in [1.165, 1.54) is 7.11 Å². The van der Waals surface area contributed by atoms with Gasteiger partial charge < -0.3 is 15.8 Å². The molecular formula is C16H21N3O2. The second-order valence-corrected chi connectivity index (χ2v) is 5.44. The van der Waals surface area contributed by atoms with Gasteiger partial charge in [-0.1, -0.05) is 26.0 Å². The molecule has 3 N–H and O–H groups in total. The van der Waals surface area contributed by atoms with Crippen molar-refractivity contribution in [2.75, 3.05) is 18.2 Å². The van der Waals surface area contributed by atoms with Crippen molar-refractivity contribution in [2.45, 2.75) is 26.8 Å². The number of nitrogens with two attached hydrogens (primary N) is 1. The standard InChI is InChI=1S/C16H21N3O2/c1-9(2)14(16(20)21-4)19-15-12-6-5-10(3)13(17)11(12)7-8-18-15/h5-9,14H,17H2,1-4H3,(H,18,19). The molecule has 0 aliphatic rings. The Balaban J connectivity index is 2.47. The number of nitrogens with zero attached hydrogens (tertiary/aromatic N) is 1. The van der Waals surface area contributed by atoms with Crippen molar-refractivity contribution >= 4 is 28.2 Å². The van der Waals surface area contributed by atoms with E-state index in [9.17, 15) is 4.79 Å². The third-order valence-electron chi connectivity index (χ3n) is 3.62. The number of fused-ring (bicyclic) bond motifs is 1. The molecule has 0 aliphatic heterocycles. The second kappa shape index (κ2) is 5.99. The average Bonchev–Trinajstić information content (AvgIpc) is 2.47. The number of rotatable bonds is 4. The third kappa shape index (κ3) is 2.91. The summed E-state index contributed by atoms with van der Waals surface area (Å²) in [6.45, 7) is 5.88. The number of aromatic nitrogens is 1. The molecule has 0 bridgehead atoms. The molecule has 0 saturated heterocycles. The number of nitrogens with one attached hydrogen (secondary N) is 1. The molecule has 2 rings (SSSR count). The fourth-order valence-corrected chi connectivity index (χ4v) is 2.27. The summed E-state index contributed by atoms with van der Waals surface area (Å²) in [5.41, 5.74) is 7.87. The molecule has 1 unspecified atom stereocenters. The molecule has 0 aliphatic carbocycles. The van der Waals surface area contributed by atoms with Crippen LogP contribution in [0.5, 0.6) is 0 Å². The molecular weight excluding hydrogens is 266 g/mol. The van der Waals surface area contributed by atoms with Gasteiger partial charge in [0.2, 0.25) is 0 Å². The van der Waals surface area contributed by atoms with E-state index in [-0.39, 0.29) is 11.9 Å². The van der Waals surface area contributed by atoms with Crippen LogP contribution in [0.15, 0.2) is 24.4 Å². The number of anilines is 2. The van der Waals surface area contributed by atoms with E-state index < -0.39 is 6.04 Å². The number of ether oxygens (including phenoxy) is 1. The van der Waals surface area contributed by atoms with Gasteiger partial charge in [-0.15, -0.1) is 0 Å². The monoisotopic (exact) mass is 287 g/mol. The van der Waals surface area contributed by atoms with Crippen LogP contribution < -0.4 is 11.1 Å². The lowest BCUT2D eigenvalue weighted by atomic mass is 10.0. The number of hydrogen-bond acceptors (Lipinski definition) is 5. The Labute approximate surface area is 124 Å². The van der Waals surface area contributed by atoms with E-state index in [4.69, 9.17) is 10.5 Å². The molecule has 0 spiro atoms. The van der Waals surface area contributed by atoms with E-state index in [1.807, 2.05) is 39.0 Å². The molecule has 0 fully saturated rings. The van der Waals surface area contributed by atoms with Crippen LogP contribution >= 0.6 is 0 Å². The first-order valence-corrected chi connectivity index (χ1v) is 6.94. The molecule has 112 valence electrons. The van der Waals surface area contributed by atoms with Gasteiger partial charge in [-0.05, 0) is 24.5 Å². The summed E-state index contributed by atoms with van der Waals surface area (Å²) in [5.74, 6) is 0.421. The zero-order valence-electron chi connectivity index (χ0n) is 12.8. The first-order valence-electron chi connectivity index (χ1n) is 6.94. The van der Waals surface area contributed by atoms with Gasteiger partial charge in [-0.25, -0.2) is 9.78 Å². The minimum absolute atomic E-state index is 0.0808. The van der Waals surface area contributed by atoms with Crippen molar-refractivity contribution in [2.24, 2.45) is 5.92 Å². The van der Waals surface area contributed by atoms with Gasteiger partial charge in [0.25, 0.3) is 0 Å². The number of pyridine rings is 1. The fourth-order valence-electron chi connectivity index (χ4n) is 2.27. The number of aryl methyl sites for hydroxylation is 1. The lowest BCUT2D eigenvalue weighted by Crippen LogP contribution is -2.35. The van der Waals surface area contributed by atoms with Crippen molar-refractivity contribution in [1.82, 2.24) is 4.98 Å². The Kier molecular flexibility index (Phi) is 4.31. The van der Waals surface area contributed by atoms with Crippen molar-refractivity contribution in [3.63, 3.8) is 0 Å². The summed E-state index contributed by atoms with van der Waals surface area (Å²) in [6, 6.07) is 5.35. The largest absolute Gasteiger partial charge is 0.467 e. The van der Waals surface area contributed by atoms with Gasteiger partial charge in [-0.2, -0.15) is 0 Å². The lowest BCUT2D eigenvalue weighted by Gasteiger charge is -2.21. The summed E-state index contributed by atoms with van der Waals surface area (Å²) in [5, 5.41) is 5.01. The molecule has 1 aromatic heterocycles. The summed E-state index contributed by atoms with van der Waals surface area (Å²) < 4.78 is 4.85. The molecule has 0 saturated carbocycles. The molecule has 21 heavy (non-hydrogen) atoms. The second-order valence-electron chi connectivity index (χ2n) is 5.44. The summed E-state index contributed by atoms with van der Waals surface area (Å²) in [6.07, 6.45) is 1.69. The van der Waals surface area contributed by atoms with E-state index in [1.54, 1.807) is 6.20 Å². The Morgan fingerprint density at radius 1 is 1.29 bits per heavy atom. The number of carbonyl (C=O) groups excluding carboxylic acids is 1. The number of esters is 1. The molecule has 1 heterocycles. The quantitative estimate of drug-likeness (QED) is 0.668. The van der Waals surface area contributed by atoms with E-state index in [0.717, 1.165) is 22.0 Å². The Morgan fingerprint density at radius 2 is 2.00 bits per heavy atom. The van der Waals surface area contributed by atoms with Crippen LogP contribution in [0.3, 0.4) is 0 Å². The predicted octanol–water partition coefficient (Wildman–Crippen LogP) is 2.73. The summed E-state index contributed by atoms with van der Waals surface area (Å²) in [4.78, 5) is 16.2. The van der Waals surface area contributed by atoms with E-state index >= 15 is 0 Å². The van der Waals surface area contributed by atoms with Crippen LogP contribution in [0.2, 0.25) is 0 Å². The van der Waals surface area contributed by atoms with Gasteiger partial charge in [0.1, 0.15) is 11.9 Å². The molecule has 5 nitrogen and oxygen atoms in total. The maximum Gasteiger partial charge on any atom is 0.328 e. The predicted molar refractivity (Wildman–Crippen MR) is 85.2 cm³/mol. The summed E-state index contributed by atoms with van der Waals surface area (Å²) >= 11 is 0. The van der Waals surface area contributed by atoms with Crippen molar-refractivity contribution in [1.29, 1.82) is 0 Å². The van der Waals surface area contributed by atoms with Crippen molar-refractivity contribution < 1.29 is 9.53 Å². The number of benzene rings is 1. The highest BCUT2D eigenvalue weighted by Crippen LogP contribution is 2.29. The first kappa shape index (κ1) is 15.1. The maximum absolute atomic E-state index is 11.9. The molecule has 5 heteroatoms. The minimum atomic E-state index is -0.448. The zero-order chi connectivity index (χ0) is 15.6. The first-order chi connectivity index (χ1) is 9.95. The molecule has 0 radical (unpaired) electrons. The number of methoxy groups -OCH3 is 1. The van der Waals surface area contributed by atoms with Crippen LogP contribution in [0.1, 0.15) is 19.4 Å². The highest BCUT2D eigenvalue weighted by molar-refractivity contribution is 6.00. The maximum atomic E-state index is 11.9. The Bertz CT molecular complexity index is 668.